The summed E-state index contributed by atoms with van der Waals surface area (Å²) in [6, 6.07) is 0. The van der Waals surface area contributed by atoms with Gasteiger partial charge in [0.25, 0.3) is 0 Å². The van der Waals surface area contributed by atoms with Gasteiger partial charge in [-0.15, -0.1) is 0 Å². The van der Waals surface area contributed by atoms with Gasteiger partial charge in [0, 0.05) is 47.8 Å². The van der Waals surface area contributed by atoms with Gasteiger partial charge in [-0.05, 0) is 81.3 Å². The van der Waals surface area contributed by atoms with E-state index in [0.29, 0.717) is 0 Å². The second kappa shape index (κ2) is 13.5. The molecule has 0 aliphatic carbocycles. The molecule has 2 aliphatic rings. The molecule has 0 aromatic rings. The van der Waals surface area contributed by atoms with E-state index in [9.17, 15) is 9.59 Å². The van der Waals surface area contributed by atoms with Crippen molar-refractivity contribution < 1.29 is 19.1 Å². The lowest BCUT2D eigenvalue weighted by molar-refractivity contribution is -0.167. The van der Waals surface area contributed by atoms with Gasteiger partial charge in [0.15, 0.2) is 0 Å². The highest BCUT2D eigenvalue weighted by Gasteiger charge is 2.47. The van der Waals surface area contributed by atoms with E-state index >= 15 is 0 Å². The van der Waals surface area contributed by atoms with E-state index in [2.05, 4.69) is 79.0 Å². The lowest BCUT2D eigenvalue weighted by Gasteiger charge is -2.55. The Morgan fingerprint density at radius 1 is 0.579 bits per heavy atom. The Balaban J connectivity index is 1.85. The Kier molecular flexibility index (Phi) is 11.7. The van der Waals surface area contributed by atoms with Crippen molar-refractivity contribution in [3.05, 3.63) is 0 Å². The van der Waals surface area contributed by atoms with Crippen molar-refractivity contribution in [2.75, 3.05) is 13.1 Å². The van der Waals surface area contributed by atoms with Gasteiger partial charge in [-0.2, -0.15) is 0 Å². The quantitative estimate of drug-likeness (QED) is 0.182. The van der Waals surface area contributed by atoms with Crippen LogP contribution in [0.3, 0.4) is 0 Å². The summed E-state index contributed by atoms with van der Waals surface area (Å²) in [4.78, 5) is 30.7. The van der Waals surface area contributed by atoms with E-state index in [1.165, 1.54) is 38.5 Å². The predicted octanol–water partition coefficient (Wildman–Crippen LogP) is 7.28. The van der Waals surface area contributed by atoms with E-state index in [-0.39, 0.29) is 59.1 Å². The molecular formula is C32H60N2O4. The number of nitrogens with zero attached hydrogens (tertiary/aromatic N) is 2. The highest BCUT2D eigenvalue weighted by atomic mass is 16.6. The lowest BCUT2D eigenvalue weighted by Crippen LogP contribution is -2.62. The van der Waals surface area contributed by atoms with E-state index < -0.39 is 0 Å². The van der Waals surface area contributed by atoms with Crippen molar-refractivity contribution >= 4 is 11.9 Å². The number of carbonyl (C=O) groups excluding carboxylic acids is 2. The number of hydrogen-bond donors (Lipinski definition) is 0. The summed E-state index contributed by atoms with van der Waals surface area (Å²) in [6.45, 7) is 24.7. The zero-order valence-corrected chi connectivity index (χ0v) is 26.6. The maximum atomic E-state index is 12.7. The van der Waals surface area contributed by atoms with E-state index in [1.54, 1.807) is 0 Å². The van der Waals surface area contributed by atoms with Gasteiger partial charge in [-0.25, -0.2) is 0 Å². The minimum atomic E-state index is -0.288. The van der Waals surface area contributed by atoms with Crippen molar-refractivity contribution in [1.82, 2.24) is 9.80 Å². The molecule has 0 unspecified atom stereocenters. The molecule has 2 fully saturated rings. The van der Waals surface area contributed by atoms with Crippen LogP contribution >= 0.6 is 0 Å². The standard InChI is InChI=1S/C32H60N2O4/c1-11-13-15-19-33-29(3,4)21-25(22-30(33,5)6)37-27(35)17-18-28(36)38-26-23-31(7,8)34(20-16-14-12-2)32(9,10)24-26/h25-26H,11-24H2,1-10H3. The van der Waals surface area contributed by atoms with Crippen LogP contribution in [0.4, 0.5) is 0 Å². The first-order chi connectivity index (χ1) is 17.5. The number of esters is 2. The van der Waals surface area contributed by atoms with Gasteiger partial charge < -0.3 is 9.47 Å². The Hall–Kier alpha value is -1.14. The topological polar surface area (TPSA) is 59.1 Å². The number of unbranched alkanes of at least 4 members (excludes halogenated alkanes) is 4. The third kappa shape index (κ3) is 9.21. The minimum Gasteiger partial charge on any atom is -0.462 e. The number of ether oxygens (including phenoxy) is 2. The summed E-state index contributed by atoms with van der Waals surface area (Å²) < 4.78 is 11.8. The Morgan fingerprint density at radius 2 is 0.868 bits per heavy atom. The summed E-state index contributed by atoms with van der Waals surface area (Å²) in [7, 11) is 0. The molecule has 2 heterocycles. The van der Waals surface area contributed by atoms with Crippen molar-refractivity contribution in [1.29, 1.82) is 0 Å². The number of likely N-dealkylation sites (tertiary alicyclic amines) is 2. The minimum absolute atomic E-state index is 0.0373. The molecule has 2 aliphatic heterocycles. The predicted molar refractivity (Wildman–Crippen MR) is 156 cm³/mol. The monoisotopic (exact) mass is 536 g/mol. The second-order valence-corrected chi connectivity index (χ2v) is 14.5. The fraction of sp³-hybridized carbons (Fsp3) is 0.938. The Morgan fingerprint density at radius 3 is 1.13 bits per heavy atom. The van der Waals surface area contributed by atoms with Crippen LogP contribution in [0, 0.1) is 0 Å². The van der Waals surface area contributed by atoms with Crippen LogP contribution < -0.4 is 0 Å². The molecule has 0 N–H and O–H groups in total. The number of piperidine rings is 2. The fourth-order valence-corrected chi connectivity index (χ4v) is 7.56. The van der Waals surface area contributed by atoms with Crippen molar-refractivity contribution in [3.8, 4) is 0 Å². The smallest absolute Gasteiger partial charge is 0.306 e. The third-order valence-electron chi connectivity index (χ3n) is 8.93. The van der Waals surface area contributed by atoms with E-state index in [4.69, 9.17) is 9.47 Å². The molecule has 222 valence electrons. The van der Waals surface area contributed by atoms with Crippen molar-refractivity contribution in [2.45, 2.75) is 181 Å². The van der Waals surface area contributed by atoms with Crippen LogP contribution in [0.15, 0.2) is 0 Å². The molecule has 6 nitrogen and oxygen atoms in total. The summed E-state index contributed by atoms with van der Waals surface area (Å²) in [5.41, 5.74) is -0.149. The molecule has 0 atom stereocenters. The highest BCUT2D eigenvalue weighted by molar-refractivity contribution is 5.77. The maximum absolute atomic E-state index is 12.7. The van der Waals surface area contributed by atoms with Gasteiger partial charge in [-0.3, -0.25) is 19.4 Å². The molecule has 0 saturated carbocycles. The molecule has 0 aromatic carbocycles. The second-order valence-electron chi connectivity index (χ2n) is 14.5. The van der Waals surface area contributed by atoms with Crippen LogP contribution in [0.1, 0.15) is 146 Å². The average Bonchev–Trinajstić information content (AvgIpc) is 2.74. The summed E-state index contributed by atoms with van der Waals surface area (Å²) >= 11 is 0. The number of carbonyl (C=O) groups is 2. The molecule has 0 spiro atoms. The van der Waals surface area contributed by atoms with Gasteiger partial charge in [0.1, 0.15) is 12.2 Å². The molecule has 2 rings (SSSR count). The van der Waals surface area contributed by atoms with Crippen LogP contribution in [0.2, 0.25) is 0 Å². The van der Waals surface area contributed by atoms with Crippen LogP contribution in [-0.4, -0.2) is 69.2 Å². The van der Waals surface area contributed by atoms with Crippen molar-refractivity contribution in [3.63, 3.8) is 0 Å². The molecular weight excluding hydrogens is 476 g/mol. The lowest BCUT2D eigenvalue weighted by atomic mass is 9.77. The molecule has 2 saturated heterocycles. The first kappa shape index (κ1) is 33.1. The number of rotatable bonds is 13. The maximum Gasteiger partial charge on any atom is 0.306 e. The largest absolute Gasteiger partial charge is 0.462 e. The summed E-state index contributed by atoms with van der Waals surface area (Å²) in [6.07, 6.45) is 10.5. The molecule has 0 radical (unpaired) electrons. The highest BCUT2D eigenvalue weighted by Crippen LogP contribution is 2.41. The molecule has 0 amide bonds. The number of hydrogen-bond acceptors (Lipinski definition) is 6. The van der Waals surface area contributed by atoms with Crippen molar-refractivity contribution in [2.24, 2.45) is 0 Å². The van der Waals surface area contributed by atoms with Gasteiger partial charge in [0.2, 0.25) is 0 Å². The van der Waals surface area contributed by atoms with Gasteiger partial charge >= 0.3 is 11.9 Å². The molecule has 0 aromatic heterocycles. The summed E-state index contributed by atoms with van der Waals surface area (Å²) in [5.74, 6) is -0.575. The van der Waals surface area contributed by atoms with Crippen LogP contribution in [-0.2, 0) is 19.1 Å². The zero-order valence-electron chi connectivity index (χ0n) is 26.6. The zero-order chi connectivity index (χ0) is 28.8. The van der Waals surface area contributed by atoms with Crippen LogP contribution in [0.5, 0.6) is 0 Å². The van der Waals surface area contributed by atoms with E-state index in [1.807, 2.05) is 0 Å². The van der Waals surface area contributed by atoms with Gasteiger partial charge in [0.05, 0.1) is 12.8 Å². The average molecular weight is 537 g/mol. The van der Waals surface area contributed by atoms with E-state index in [0.717, 1.165) is 38.8 Å². The summed E-state index contributed by atoms with van der Waals surface area (Å²) in [5, 5.41) is 0. The Labute approximate surface area is 234 Å². The first-order valence-electron chi connectivity index (χ1n) is 15.5. The normalized spacial score (nSPS) is 23.7. The van der Waals surface area contributed by atoms with Gasteiger partial charge in [-0.1, -0.05) is 39.5 Å². The molecule has 0 bridgehead atoms. The third-order valence-corrected chi connectivity index (χ3v) is 8.93. The Bertz CT molecular complexity index is 673. The SMILES string of the molecule is CCCCCN1C(C)(C)CC(OC(=O)CCC(=O)OC2CC(C)(C)N(CCCCC)C(C)(C)C2)CC1(C)C. The fourth-order valence-electron chi connectivity index (χ4n) is 7.56. The van der Waals surface area contributed by atoms with Crippen LogP contribution in [0.25, 0.3) is 0 Å². The molecule has 38 heavy (non-hydrogen) atoms. The molecule has 6 heteroatoms. The first-order valence-corrected chi connectivity index (χ1v) is 15.5.